The number of benzene rings is 16. The zero-order valence-corrected chi connectivity index (χ0v) is 78.9. The van der Waals surface area contributed by atoms with Crippen LogP contribution >= 0.6 is 0 Å². The van der Waals surface area contributed by atoms with E-state index in [1.807, 2.05) is 0 Å². The molecule has 16 aromatic carbocycles. The first-order valence-corrected chi connectivity index (χ1v) is 49.3. The van der Waals surface area contributed by atoms with Gasteiger partial charge >= 0.3 is 23.9 Å². The van der Waals surface area contributed by atoms with Gasteiger partial charge in [0.2, 0.25) is 0 Å². The molecule has 0 saturated heterocycles. The van der Waals surface area contributed by atoms with Crippen LogP contribution in [-0.4, -0.2) is 43.8 Å². The van der Waals surface area contributed by atoms with Crippen molar-refractivity contribution >= 4 is 70.2 Å². The molecule has 10 aliphatic rings. The number of nitrogens with zero attached hydrogens (tertiary/aromatic N) is 2. The average Bonchev–Trinajstić information content (AvgIpc) is 1.52. The Morgan fingerprint density at radius 2 is 0.368 bits per heavy atom. The largest absolute Gasteiger partial charge is 0.461 e. The first-order valence-electron chi connectivity index (χ1n) is 49.3. The third kappa shape index (κ3) is 11.4. The van der Waals surface area contributed by atoms with Crippen LogP contribution < -0.4 is 0 Å². The fourth-order valence-corrected chi connectivity index (χ4v) is 26.9. The molecular formula is C132H86N4O8. The summed E-state index contributed by atoms with van der Waals surface area (Å²) in [6.07, 6.45) is 8.84. The molecular weight excluding hydrogens is 1770 g/mol. The van der Waals surface area contributed by atoms with Crippen LogP contribution in [0.1, 0.15) is 162 Å². The summed E-state index contributed by atoms with van der Waals surface area (Å²) in [5, 5.41) is 0. The van der Waals surface area contributed by atoms with E-state index in [0.717, 1.165) is 245 Å². The average molecular weight is 1860 g/mol. The van der Waals surface area contributed by atoms with Crippen LogP contribution in [0, 0.1) is 0 Å². The summed E-state index contributed by atoms with van der Waals surface area (Å²) in [5.41, 5.74) is 49.9. The molecule has 4 atom stereocenters. The third-order valence-electron chi connectivity index (χ3n) is 32.3. The maximum Gasteiger partial charge on any atom is 0.302 e. The highest BCUT2D eigenvalue weighted by molar-refractivity contribution is 6.07. The predicted octanol–water partition coefficient (Wildman–Crippen LogP) is 29.0. The number of fused-ring (bicyclic) bond motifs is 48. The van der Waals surface area contributed by atoms with Crippen molar-refractivity contribution in [2.24, 2.45) is 0 Å². The molecule has 4 spiro atoms. The van der Waals surface area contributed by atoms with E-state index < -0.39 is 21.7 Å². The minimum atomic E-state index is -0.824. The van der Waals surface area contributed by atoms with Gasteiger partial charge in [-0.25, -0.2) is 9.97 Å². The number of H-pyrrole nitrogens is 2. The smallest absolute Gasteiger partial charge is 0.302 e. The first-order chi connectivity index (χ1) is 70.6. The van der Waals surface area contributed by atoms with Gasteiger partial charge in [-0.2, -0.15) is 0 Å². The molecule has 0 radical (unpaired) electrons. The molecule has 0 fully saturated rings. The lowest BCUT2D eigenvalue weighted by Gasteiger charge is -2.31. The van der Waals surface area contributed by atoms with Crippen LogP contribution in [0.2, 0.25) is 0 Å². The molecule has 3 aromatic heterocycles. The lowest BCUT2D eigenvalue weighted by atomic mass is 9.70. The van der Waals surface area contributed by atoms with Crippen molar-refractivity contribution in [2.45, 2.75) is 75.8 Å². The SMILES string of the molecule is CC(=O)OCc1ccc2c(c1)C1(c3ccccc3-2)c2ccccc2-c2ccc(-c3c4nc(c(-c5ccc6c(c5)C5(c7ccccc7-c7ccc(COC(C)=O)cc75)c5ccccc5-6)c5ccc([nH]5)c(-c5ccc6c(c5)C5(c7ccccc7-c7ccc(COC(C)=O)cc75)c5ccccc5-6)c5nc(c(-c6ccc7c(c6)C6(c8ccccc8-c8ccc(COC(C)=O)cc86)c6ccccc6-7)c6ccc3[nH]6)C=C5)C=C4)cc21. The maximum atomic E-state index is 12.8. The first kappa shape index (κ1) is 83.0. The maximum absolute atomic E-state index is 12.8. The van der Waals surface area contributed by atoms with E-state index in [-0.39, 0.29) is 50.3 Å². The quantitative estimate of drug-likeness (QED) is 0.0889. The number of nitrogens with one attached hydrogen (secondary N) is 2. The number of aromatic nitrogens is 4. The molecule has 8 bridgehead atoms. The number of hydrogen-bond donors (Lipinski definition) is 2. The Balaban J connectivity index is 0.733. The second-order valence-corrected chi connectivity index (χ2v) is 39.5. The molecule has 0 amide bonds. The van der Waals surface area contributed by atoms with Crippen molar-refractivity contribution in [3.8, 4) is 134 Å². The van der Waals surface area contributed by atoms with Crippen molar-refractivity contribution < 1.29 is 38.1 Å². The molecule has 5 heterocycles. The second-order valence-electron chi connectivity index (χ2n) is 39.5. The Labute approximate surface area is 830 Å². The lowest BCUT2D eigenvalue weighted by molar-refractivity contribution is -0.143. The molecule has 2 N–H and O–H groups in total. The normalized spacial score (nSPS) is 17.0. The van der Waals surface area contributed by atoms with E-state index in [9.17, 15) is 19.2 Å². The van der Waals surface area contributed by atoms with Crippen molar-refractivity contribution in [2.75, 3.05) is 0 Å². The Kier molecular flexibility index (Phi) is 17.7. The number of hydrogen-bond acceptors (Lipinski definition) is 10. The van der Waals surface area contributed by atoms with Crippen LogP contribution in [0.25, 0.3) is 180 Å². The lowest BCUT2D eigenvalue weighted by Crippen LogP contribution is -2.26. The summed E-state index contributed by atoms with van der Waals surface area (Å²) < 4.78 is 23.4. The van der Waals surface area contributed by atoms with Crippen LogP contribution in [0.4, 0.5) is 0 Å². The van der Waals surface area contributed by atoms with Gasteiger partial charge in [0.25, 0.3) is 0 Å². The number of aromatic amines is 2. The van der Waals surface area contributed by atoms with Crippen LogP contribution in [0.3, 0.4) is 0 Å². The molecule has 4 unspecified atom stereocenters. The number of rotatable bonds is 12. The molecule has 2 aliphatic heterocycles. The third-order valence-corrected chi connectivity index (χ3v) is 32.3. The topological polar surface area (TPSA) is 163 Å². The second kappa shape index (κ2) is 30.8. The fourth-order valence-electron chi connectivity index (χ4n) is 26.9. The van der Waals surface area contributed by atoms with Gasteiger partial charge in [0.15, 0.2) is 0 Å². The Hall–Kier alpha value is -18.0. The highest BCUT2D eigenvalue weighted by atomic mass is 16.5. The van der Waals surface area contributed by atoms with Gasteiger partial charge in [-0.1, -0.05) is 315 Å². The Bertz CT molecular complexity index is 8250. The minimum Gasteiger partial charge on any atom is -0.461 e. The summed E-state index contributed by atoms with van der Waals surface area (Å²) in [6, 6.07) is 134. The van der Waals surface area contributed by atoms with Gasteiger partial charge in [-0.3, -0.25) is 19.2 Å². The summed E-state index contributed by atoms with van der Waals surface area (Å²) >= 11 is 0. The summed E-state index contributed by atoms with van der Waals surface area (Å²) in [7, 11) is 0. The Morgan fingerprint density at radius 3 is 0.556 bits per heavy atom. The fraction of sp³-hybridized carbons (Fsp3) is 0.0909. The van der Waals surface area contributed by atoms with Gasteiger partial charge in [0.05, 0.1) is 44.4 Å². The van der Waals surface area contributed by atoms with Crippen molar-refractivity contribution in [3.05, 3.63) is 498 Å². The van der Waals surface area contributed by atoms with E-state index in [1.165, 1.54) is 72.2 Å². The monoisotopic (exact) mass is 1850 g/mol. The van der Waals surface area contributed by atoms with E-state index in [1.54, 1.807) is 0 Å². The zero-order chi connectivity index (χ0) is 96.1. The summed E-state index contributed by atoms with van der Waals surface area (Å²) in [5.74, 6) is -1.38. The summed E-state index contributed by atoms with van der Waals surface area (Å²) in [6.45, 7) is 6.33. The van der Waals surface area contributed by atoms with E-state index in [4.69, 9.17) is 28.9 Å². The zero-order valence-electron chi connectivity index (χ0n) is 78.9. The van der Waals surface area contributed by atoms with Crippen LogP contribution in [0.5, 0.6) is 0 Å². The van der Waals surface area contributed by atoms with Crippen LogP contribution in [-0.2, 0) is 86.2 Å². The molecule has 682 valence electrons. The number of esters is 4. The standard InChI is InChI=1S/C132H86N4O8/c1-73(137)141-69-77-37-45-93-85-21-5-13-29-101(85)129(109(93)61-77)105-33-17-9-25-89(105)97-49-41-81(65-113(97)129)125-117-53-55-119(133-117)126(82-42-50-98-90-26-10-18-34-106(90)130(114(98)66-82)102-30-14-6-22-86(102)94-46-38-78(62-110(94)130)70-142-74(2)138)121-57-59-123(135-121)128(84-44-52-100-92-28-12-20-36-108(92)132(116(100)68-84)104-32-16-8-24-88(104)96-48-40-80(64-112(96)132)72-144-76(4)140)124-60-58-122(136-124)127(120-56-54-118(125)134-120)83-43-51-99-91-27-11-19-35-107(91)131(115(99)67-83)103-31-15-7-23-87(103)95-47-39-79(63-111(95)131)71-143-75(3)139/h5-68,133,136H,69-72H2,1-4H3. The van der Waals surface area contributed by atoms with Gasteiger partial charge < -0.3 is 28.9 Å². The molecule has 8 aliphatic carbocycles. The van der Waals surface area contributed by atoms with Crippen LogP contribution in [0.15, 0.2) is 364 Å². The number of carbonyl (C=O) groups excluding carboxylic acids is 4. The number of ether oxygens (including phenoxy) is 4. The van der Waals surface area contributed by atoms with Gasteiger partial charge in [0.1, 0.15) is 26.4 Å². The van der Waals surface area contributed by atoms with Crippen molar-refractivity contribution in [1.29, 1.82) is 0 Å². The molecule has 12 nitrogen and oxygen atoms in total. The van der Waals surface area contributed by atoms with E-state index >= 15 is 0 Å². The molecule has 144 heavy (non-hydrogen) atoms. The Morgan fingerprint density at radius 1 is 0.201 bits per heavy atom. The van der Waals surface area contributed by atoms with Gasteiger partial charge in [-0.05, 0) is 295 Å². The van der Waals surface area contributed by atoms with Gasteiger partial charge in [-0.15, -0.1) is 0 Å². The molecule has 12 heteroatoms. The van der Waals surface area contributed by atoms with E-state index in [2.05, 4.69) is 398 Å². The molecule has 19 aromatic rings. The van der Waals surface area contributed by atoms with Crippen molar-refractivity contribution in [1.82, 2.24) is 19.9 Å². The van der Waals surface area contributed by atoms with E-state index in [0.29, 0.717) is 0 Å². The predicted molar refractivity (Wildman–Crippen MR) is 568 cm³/mol. The molecule has 0 saturated carbocycles. The minimum absolute atomic E-state index is 0.119. The summed E-state index contributed by atoms with van der Waals surface area (Å²) in [4.78, 5) is 72.0. The number of carbonyl (C=O) groups is 4. The molecule has 29 rings (SSSR count). The van der Waals surface area contributed by atoms with Gasteiger partial charge in [0, 0.05) is 72.0 Å². The highest BCUT2D eigenvalue weighted by Gasteiger charge is 2.57. The highest BCUT2D eigenvalue weighted by Crippen LogP contribution is 2.70. The van der Waals surface area contributed by atoms with Crippen molar-refractivity contribution in [3.63, 3.8) is 0 Å².